The van der Waals surface area contributed by atoms with E-state index in [4.69, 9.17) is 5.73 Å². The van der Waals surface area contributed by atoms with Crippen molar-refractivity contribution in [3.63, 3.8) is 0 Å². The Morgan fingerprint density at radius 3 is 2.82 bits per heavy atom. The smallest absolute Gasteiger partial charge is 0.346 e. The van der Waals surface area contributed by atoms with Gasteiger partial charge in [0.25, 0.3) is 0 Å². The number of hydrogen-bond acceptors (Lipinski definition) is 2. The normalized spacial score (nSPS) is 19.7. The van der Waals surface area contributed by atoms with Gasteiger partial charge >= 0.3 is 6.03 Å². The van der Waals surface area contributed by atoms with Crippen molar-refractivity contribution >= 4 is 11.9 Å². The van der Waals surface area contributed by atoms with Crippen LogP contribution in [-0.2, 0) is 0 Å². The lowest BCUT2D eigenvalue weighted by Crippen LogP contribution is -2.33. The topological polar surface area (TPSA) is 58.7 Å². The summed E-state index contributed by atoms with van der Waals surface area (Å²) in [5, 5.41) is 0. The standard InChI is InChI=1S/C11H11F2N3O/c1-2-16-9(10(14)15-11(16)17)6-4-3-5-7(12)8(6)13/h3-5,9H,2H2,1H3,(H2,14,15,17). The zero-order chi connectivity index (χ0) is 12.6. The molecule has 1 aliphatic heterocycles. The molecule has 0 saturated carbocycles. The van der Waals surface area contributed by atoms with E-state index in [1.54, 1.807) is 6.92 Å². The predicted octanol–water partition coefficient (Wildman–Crippen LogP) is 1.82. The minimum Gasteiger partial charge on any atom is -0.385 e. The maximum absolute atomic E-state index is 13.6. The Morgan fingerprint density at radius 1 is 1.47 bits per heavy atom. The number of rotatable bonds is 2. The summed E-state index contributed by atoms with van der Waals surface area (Å²) in [6, 6.07) is 2.44. The summed E-state index contributed by atoms with van der Waals surface area (Å²) in [4.78, 5) is 16.3. The highest BCUT2D eigenvalue weighted by Crippen LogP contribution is 2.29. The van der Waals surface area contributed by atoms with Crippen molar-refractivity contribution in [1.29, 1.82) is 0 Å². The Hall–Kier alpha value is -1.98. The fourth-order valence-corrected chi connectivity index (χ4v) is 1.88. The average Bonchev–Trinajstić information content (AvgIpc) is 2.57. The van der Waals surface area contributed by atoms with E-state index < -0.39 is 23.7 Å². The van der Waals surface area contributed by atoms with E-state index in [0.29, 0.717) is 6.54 Å². The van der Waals surface area contributed by atoms with Gasteiger partial charge in [-0.05, 0) is 13.0 Å². The number of carbonyl (C=O) groups excluding carboxylic acids is 1. The van der Waals surface area contributed by atoms with Gasteiger partial charge in [0.05, 0.1) is 0 Å². The highest BCUT2D eigenvalue weighted by molar-refractivity contribution is 6.03. The Labute approximate surface area is 96.7 Å². The van der Waals surface area contributed by atoms with Crippen LogP contribution >= 0.6 is 0 Å². The van der Waals surface area contributed by atoms with Gasteiger partial charge in [-0.25, -0.2) is 13.6 Å². The van der Waals surface area contributed by atoms with E-state index in [0.717, 1.165) is 6.07 Å². The van der Waals surface area contributed by atoms with Crippen LogP contribution in [0.25, 0.3) is 0 Å². The molecule has 1 aromatic carbocycles. The molecule has 1 aromatic rings. The third kappa shape index (κ3) is 1.75. The average molecular weight is 239 g/mol. The number of halogens is 2. The quantitative estimate of drug-likeness (QED) is 0.855. The van der Waals surface area contributed by atoms with Crippen LogP contribution in [0.4, 0.5) is 13.6 Å². The summed E-state index contributed by atoms with van der Waals surface area (Å²) in [5.41, 5.74) is 5.61. The first-order valence-corrected chi connectivity index (χ1v) is 5.14. The lowest BCUT2D eigenvalue weighted by atomic mass is 10.0. The van der Waals surface area contributed by atoms with Gasteiger partial charge < -0.3 is 10.6 Å². The van der Waals surface area contributed by atoms with Crippen LogP contribution in [-0.4, -0.2) is 23.3 Å². The molecule has 2 rings (SSSR count). The Balaban J connectivity index is 2.49. The van der Waals surface area contributed by atoms with Crippen LogP contribution in [0.15, 0.2) is 23.2 Å². The molecule has 0 radical (unpaired) electrons. The molecule has 2 N–H and O–H groups in total. The molecule has 1 atom stereocenters. The minimum atomic E-state index is -0.996. The van der Waals surface area contributed by atoms with Gasteiger partial charge in [0.15, 0.2) is 11.6 Å². The van der Waals surface area contributed by atoms with E-state index in [1.807, 2.05) is 0 Å². The highest BCUT2D eigenvalue weighted by Gasteiger charge is 2.35. The molecular formula is C11H11F2N3O. The summed E-state index contributed by atoms with van der Waals surface area (Å²) in [7, 11) is 0. The SMILES string of the molecule is CCN1C(=O)N=C(N)C1c1cccc(F)c1F. The van der Waals surface area contributed by atoms with Gasteiger partial charge in [0, 0.05) is 12.1 Å². The molecule has 0 aromatic heterocycles. The van der Waals surface area contributed by atoms with Crippen LogP contribution in [0.3, 0.4) is 0 Å². The molecule has 0 bridgehead atoms. The van der Waals surface area contributed by atoms with Crippen LogP contribution in [0.2, 0.25) is 0 Å². The molecule has 0 spiro atoms. The largest absolute Gasteiger partial charge is 0.385 e. The fourth-order valence-electron chi connectivity index (χ4n) is 1.88. The van der Waals surface area contributed by atoms with Crippen LogP contribution < -0.4 is 5.73 Å². The van der Waals surface area contributed by atoms with E-state index in [9.17, 15) is 13.6 Å². The fraction of sp³-hybridized carbons (Fsp3) is 0.273. The number of carbonyl (C=O) groups is 1. The molecule has 6 heteroatoms. The number of nitrogens with zero attached hydrogens (tertiary/aromatic N) is 2. The number of aliphatic imine (C=N–C) groups is 1. The molecule has 4 nitrogen and oxygen atoms in total. The molecule has 0 saturated heterocycles. The second kappa shape index (κ2) is 4.12. The highest BCUT2D eigenvalue weighted by atomic mass is 19.2. The summed E-state index contributed by atoms with van der Waals surface area (Å²) >= 11 is 0. The number of hydrogen-bond donors (Lipinski definition) is 1. The number of likely N-dealkylation sites (N-methyl/N-ethyl adjacent to an activating group) is 1. The molecule has 0 fully saturated rings. The molecule has 1 unspecified atom stereocenters. The number of urea groups is 1. The van der Waals surface area contributed by atoms with Crippen LogP contribution in [0.5, 0.6) is 0 Å². The van der Waals surface area contributed by atoms with Crippen molar-refractivity contribution in [1.82, 2.24) is 4.90 Å². The summed E-state index contributed by atoms with van der Waals surface area (Å²) in [5.74, 6) is -1.98. The number of nitrogens with two attached hydrogens (primary N) is 1. The van der Waals surface area contributed by atoms with Crippen LogP contribution in [0.1, 0.15) is 18.5 Å². The lowest BCUT2D eigenvalue weighted by Gasteiger charge is -2.23. The van der Waals surface area contributed by atoms with Crippen LogP contribution in [0, 0.1) is 11.6 Å². The van der Waals surface area contributed by atoms with Gasteiger partial charge in [-0.15, -0.1) is 0 Å². The maximum atomic E-state index is 13.6. The molecule has 1 aliphatic rings. The van der Waals surface area contributed by atoms with Gasteiger partial charge in [-0.1, -0.05) is 12.1 Å². The third-order valence-corrected chi connectivity index (χ3v) is 2.68. The lowest BCUT2D eigenvalue weighted by molar-refractivity contribution is 0.209. The minimum absolute atomic E-state index is 0.0126. The van der Waals surface area contributed by atoms with E-state index in [1.165, 1.54) is 17.0 Å². The summed E-state index contributed by atoms with van der Waals surface area (Å²) in [6.07, 6.45) is 0. The van der Waals surface area contributed by atoms with Crippen molar-refractivity contribution < 1.29 is 13.6 Å². The number of amides is 2. The van der Waals surface area contributed by atoms with Crippen molar-refractivity contribution in [3.05, 3.63) is 35.4 Å². The van der Waals surface area contributed by atoms with Crippen molar-refractivity contribution in [3.8, 4) is 0 Å². The Morgan fingerprint density at radius 2 is 2.18 bits per heavy atom. The summed E-state index contributed by atoms with van der Waals surface area (Å²) < 4.78 is 26.8. The van der Waals surface area contributed by atoms with Crippen molar-refractivity contribution in [2.45, 2.75) is 13.0 Å². The summed E-state index contributed by atoms with van der Waals surface area (Å²) in [6.45, 7) is 2.04. The molecule has 1 heterocycles. The molecule has 90 valence electrons. The van der Waals surface area contributed by atoms with Crippen molar-refractivity contribution in [2.75, 3.05) is 6.54 Å². The Kier molecular flexibility index (Phi) is 2.79. The molecular weight excluding hydrogens is 228 g/mol. The monoisotopic (exact) mass is 239 g/mol. The van der Waals surface area contributed by atoms with E-state index in [-0.39, 0.29) is 11.4 Å². The first-order valence-electron chi connectivity index (χ1n) is 5.14. The first-order chi connectivity index (χ1) is 8.06. The van der Waals surface area contributed by atoms with Gasteiger partial charge in [-0.3, -0.25) is 0 Å². The number of amidine groups is 1. The Bertz CT molecular complexity index is 501. The first kappa shape index (κ1) is 11.5. The third-order valence-electron chi connectivity index (χ3n) is 2.68. The second-order valence-electron chi connectivity index (χ2n) is 3.65. The number of benzene rings is 1. The van der Waals surface area contributed by atoms with Gasteiger partial charge in [0.1, 0.15) is 11.9 Å². The second-order valence-corrected chi connectivity index (χ2v) is 3.65. The van der Waals surface area contributed by atoms with Gasteiger partial charge in [-0.2, -0.15) is 4.99 Å². The van der Waals surface area contributed by atoms with Crippen molar-refractivity contribution in [2.24, 2.45) is 10.7 Å². The maximum Gasteiger partial charge on any atom is 0.346 e. The zero-order valence-corrected chi connectivity index (χ0v) is 9.15. The predicted molar refractivity (Wildman–Crippen MR) is 58.5 cm³/mol. The van der Waals surface area contributed by atoms with Gasteiger partial charge in [0.2, 0.25) is 0 Å². The molecule has 2 amide bonds. The molecule has 0 aliphatic carbocycles. The zero-order valence-electron chi connectivity index (χ0n) is 9.15. The molecule has 17 heavy (non-hydrogen) atoms. The van der Waals surface area contributed by atoms with E-state index in [2.05, 4.69) is 4.99 Å². The van der Waals surface area contributed by atoms with E-state index >= 15 is 0 Å².